The van der Waals surface area contributed by atoms with Gasteiger partial charge in [0.2, 0.25) is 0 Å². The first kappa shape index (κ1) is 11.4. The number of nitrogens with zero attached hydrogens (tertiary/aromatic N) is 2. The lowest BCUT2D eigenvalue weighted by molar-refractivity contribution is 0.102. The van der Waals surface area contributed by atoms with E-state index in [1.54, 1.807) is 30.5 Å². The number of carbonyl (C=O) groups is 1. The molecule has 2 aromatic heterocycles. The highest BCUT2D eigenvalue weighted by Gasteiger charge is 2.08. The van der Waals surface area contributed by atoms with E-state index in [9.17, 15) is 4.79 Å². The number of aromatic nitrogens is 3. The Morgan fingerprint density at radius 1 is 1.26 bits per heavy atom. The molecule has 5 nitrogen and oxygen atoms in total. The Labute approximate surface area is 109 Å². The van der Waals surface area contributed by atoms with Crippen LogP contribution in [0.4, 0.5) is 5.82 Å². The summed E-state index contributed by atoms with van der Waals surface area (Å²) in [4.78, 5) is 23.5. The third-order valence-electron chi connectivity index (χ3n) is 2.77. The molecule has 0 aliphatic heterocycles. The zero-order chi connectivity index (χ0) is 13.2. The molecule has 0 radical (unpaired) electrons. The van der Waals surface area contributed by atoms with Gasteiger partial charge in [-0.25, -0.2) is 9.97 Å². The zero-order valence-corrected chi connectivity index (χ0v) is 10.3. The monoisotopic (exact) mass is 252 g/mol. The molecule has 0 aliphatic carbocycles. The number of amides is 1. The maximum Gasteiger partial charge on any atom is 0.256 e. The number of benzene rings is 1. The summed E-state index contributed by atoms with van der Waals surface area (Å²) < 4.78 is 0. The van der Waals surface area contributed by atoms with Gasteiger partial charge in [-0.1, -0.05) is 6.07 Å². The van der Waals surface area contributed by atoms with Gasteiger partial charge in [0.15, 0.2) is 0 Å². The van der Waals surface area contributed by atoms with Crippen molar-refractivity contribution in [3.8, 4) is 0 Å². The molecule has 0 saturated carbocycles. The highest BCUT2D eigenvalue weighted by atomic mass is 16.1. The van der Waals surface area contributed by atoms with Crippen LogP contribution in [0, 0.1) is 6.92 Å². The number of aromatic amines is 1. The molecule has 0 atom stereocenters. The maximum atomic E-state index is 12.1. The largest absolute Gasteiger partial charge is 0.342 e. The molecule has 2 N–H and O–H groups in total. The second-order valence-corrected chi connectivity index (χ2v) is 4.22. The van der Waals surface area contributed by atoms with Gasteiger partial charge in [0.1, 0.15) is 11.6 Å². The van der Waals surface area contributed by atoms with Crippen LogP contribution in [0.1, 0.15) is 16.2 Å². The lowest BCUT2D eigenvalue weighted by Crippen LogP contribution is -2.12. The van der Waals surface area contributed by atoms with Gasteiger partial charge in [0, 0.05) is 11.8 Å². The number of carbonyl (C=O) groups excluding carboxylic acids is 1. The van der Waals surface area contributed by atoms with Crippen LogP contribution in [-0.2, 0) is 0 Å². The average Bonchev–Trinajstić information content (AvgIpc) is 2.78. The summed E-state index contributed by atoms with van der Waals surface area (Å²) in [6.07, 6.45) is 1.64. The van der Waals surface area contributed by atoms with Crippen LogP contribution in [0.5, 0.6) is 0 Å². The number of rotatable bonds is 2. The van der Waals surface area contributed by atoms with Gasteiger partial charge < -0.3 is 10.3 Å². The van der Waals surface area contributed by atoms with E-state index in [0.717, 1.165) is 16.9 Å². The maximum absolute atomic E-state index is 12.1. The molecule has 3 rings (SSSR count). The van der Waals surface area contributed by atoms with E-state index in [2.05, 4.69) is 20.3 Å². The first-order valence-electron chi connectivity index (χ1n) is 5.91. The molecule has 0 unspecified atom stereocenters. The second-order valence-electron chi connectivity index (χ2n) is 4.22. The Bertz CT molecular complexity index is 734. The Kier molecular flexibility index (Phi) is 2.72. The van der Waals surface area contributed by atoms with Crippen LogP contribution in [0.3, 0.4) is 0 Å². The normalized spacial score (nSPS) is 10.6. The number of anilines is 1. The van der Waals surface area contributed by atoms with E-state index in [-0.39, 0.29) is 5.91 Å². The first-order chi connectivity index (χ1) is 9.22. The van der Waals surface area contributed by atoms with Gasteiger partial charge >= 0.3 is 0 Å². The van der Waals surface area contributed by atoms with Crippen molar-refractivity contribution in [2.24, 2.45) is 0 Å². The van der Waals surface area contributed by atoms with Crippen molar-refractivity contribution in [1.29, 1.82) is 0 Å². The first-order valence-corrected chi connectivity index (χ1v) is 5.91. The minimum atomic E-state index is -0.187. The Morgan fingerprint density at radius 3 is 2.95 bits per heavy atom. The molecule has 0 aliphatic rings. The Balaban J connectivity index is 1.89. The van der Waals surface area contributed by atoms with Crippen molar-refractivity contribution in [1.82, 2.24) is 15.0 Å². The summed E-state index contributed by atoms with van der Waals surface area (Å²) in [5.74, 6) is 1.18. The number of hydrogen-bond acceptors (Lipinski definition) is 3. The Hall–Kier alpha value is -2.69. The van der Waals surface area contributed by atoms with Gasteiger partial charge in [-0.15, -0.1) is 0 Å². The van der Waals surface area contributed by atoms with Crippen LogP contribution in [-0.4, -0.2) is 20.9 Å². The number of nitrogens with one attached hydrogen (secondary N) is 2. The minimum Gasteiger partial charge on any atom is -0.342 e. The van der Waals surface area contributed by atoms with E-state index in [1.807, 2.05) is 19.1 Å². The van der Waals surface area contributed by atoms with Crippen molar-refractivity contribution >= 4 is 22.8 Å². The molecule has 1 amide bonds. The van der Waals surface area contributed by atoms with E-state index in [1.165, 1.54) is 0 Å². The molecular weight excluding hydrogens is 240 g/mol. The lowest BCUT2D eigenvalue weighted by Gasteiger charge is -2.03. The lowest BCUT2D eigenvalue weighted by atomic mass is 10.2. The summed E-state index contributed by atoms with van der Waals surface area (Å²) >= 11 is 0. The van der Waals surface area contributed by atoms with Crippen molar-refractivity contribution in [2.75, 3.05) is 5.32 Å². The molecule has 0 bridgehead atoms. The topological polar surface area (TPSA) is 70.7 Å². The number of hydrogen-bond donors (Lipinski definition) is 2. The third-order valence-corrected chi connectivity index (χ3v) is 2.77. The zero-order valence-electron chi connectivity index (χ0n) is 10.3. The van der Waals surface area contributed by atoms with Gasteiger partial charge in [0.05, 0.1) is 11.0 Å². The number of imidazole rings is 1. The van der Waals surface area contributed by atoms with E-state index >= 15 is 0 Å². The summed E-state index contributed by atoms with van der Waals surface area (Å²) in [5.41, 5.74) is 2.28. The van der Waals surface area contributed by atoms with E-state index < -0.39 is 0 Å². The number of pyridine rings is 1. The van der Waals surface area contributed by atoms with Crippen molar-refractivity contribution < 1.29 is 4.79 Å². The molecule has 0 spiro atoms. The summed E-state index contributed by atoms with van der Waals surface area (Å²) in [6, 6.07) is 10.7. The fourth-order valence-electron chi connectivity index (χ4n) is 1.90. The van der Waals surface area contributed by atoms with Crippen molar-refractivity contribution in [2.45, 2.75) is 6.92 Å². The molecule has 2 heterocycles. The van der Waals surface area contributed by atoms with Gasteiger partial charge in [-0.2, -0.15) is 0 Å². The minimum absolute atomic E-state index is 0.187. The molecular formula is C14H12N4O. The van der Waals surface area contributed by atoms with Crippen molar-refractivity contribution in [3.63, 3.8) is 0 Å². The van der Waals surface area contributed by atoms with Crippen LogP contribution in [0.2, 0.25) is 0 Å². The molecule has 0 fully saturated rings. The summed E-state index contributed by atoms with van der Waals surface area (Å²) in [6.45, 7) is 1.88. The molecule has 1 aromatic carbocycles. The average molecular weight is 252 g/mol. The van der Waals surface area contributed by atoms with Gasteiger partial charge in [-0.3, -0.25) is 4.79 Å². The smallest absolute Gasteiger partial charge is 0.256 e. The quantitative estimate of drug-likeness (QED) is 0.736. The standard InChI is InChI=1S/C14H12N4O/c1-9-16-11-6-5-10(8-12(11)17-9)14(19)18-13-4-2-3-7-15-13/h2-8H,1H3,(H,16,17)(H,15,18,19). The Morgan fingerprint density at radius 2 is 2.16 bits per heavy atom. The molecule has 94 valence electrons. The number of aryl methyl sites for hydroxylation is 1. The summed E-state index contributed by atoms with van der Waals surface area (Å²) in [5, 5.41) is 2.75. The van der Waals surface area contributed by atoms with E-state index in [0.29, 0.717) is 11.4 Å². The van der Waals surface area contributed by atoms with Gasteiger partial charge in [-0.05, 0) is 37.3 Å². The fraction of sp³-hybridized carbons (Fsp3) is 0.0714. The molecule has 19 heavy (non-hydrogen) atoms. The van der Waals surface area contributed by atoms with Gasteiger partial charge in [0.25, 0.3) is 5.91 Å². The summed E-state index contributed by atoms with van der Waals surface area (Å²) in [7, 11) is 0. The number of H-pyrrole nitrogens is 1. The highest BCUT2D eigenvalue weighted by molar-refractivity contribution is 6.05. The van der Waals surface area contributed by atoms with Crippen molar-refractivity contribution in [3.05, 3.63) is 54.0 Å². The van der Waals surface area contributed by atoms with Crippen LogP contribution in [0.25, 0.3) is 11.0 Å². The predicted octanol–water partition coefficient (Wildman–Crippen LogP) is 2.52. The predicted molar refractivity (Wildman–Crippen MR) is 73.0 cm³/mol. The molecule has 3 aromatic rings. The second kappa shape index (κ2) is 4.53. The van der Waals surface area contributed by atoms with Crippen LogP contribution < -0.4 is 5.32 Å². The van der Waals surface area contributed by atoms with Crippen LogP contribution in [0.15, 0.2) is 42.6 Å². The SMILES string of the molecule is Cc1nc2ccc(C(=O)Nc3ccccn3)cc2[nH]1. The van der Waals surface area contributed by atoms with E-state index in [4.69, 9.17) is 0 Å². The highest BCUT2D eigenvalue weighted by Crippen LogP contribution is 2.14. The number of fused-ring (bicyclic) bond motifs is 1. The molecule has 5 heteroatoms. The van der Waals surface area contributed by atoms with Crippen LogP contribution >= 0.6 is 0 Å². The molecule has 0 saturated heterocycles. The third kappa shape index (κ3) is 2.30. The fourth-order valence-corrected chi connectivity index (χ4v) is 1.90.